The van der Waals surface area contributed by atoms with Gasteiger partial charge in [-0.2, -0.15) is 18.4 Å². The molecule has 3 aromatic heterocycles. The van der Waals surface area contributed by atoms with Crippen molar-refractivity contribution in [3.05, 3.63) is 65.4 Å². The van der Waals surface area contributed by atoms with Crippen LogP contribution in [0.25, 0.3) is 21.1 Å². The first-order chi connectivity index (χ1) is 21.7. The Labute approximate surface area is 263 Å². The summed E-state index contributed by atoms with van der Waals surface area (Å²) in [6.45, 7) is 9.25. The van der Waals surface area contributed by atoms with Crippen molar-refractivity contribution in [2.75, 3.05) is 38.0 Å². The topological polar surface area (TPSA) is 102 Å². The van der Waals surface area contributed by atoms with E-state index in [1.54, 1.807) is 6.07 Å². The second-order valence-electron chi connectivity index (χ2n) is 11.8. The molecule has 2 aliphatic rings. The molecule has 5 heterocycles. The van der Waals surface area contributed by atoms with Crippen LogP contribution in [-0.2, 0) is 24.3 Å². The second-order valence-corrected chi connectivity index (χ2v) is 12.9. The fraction of sp³-hybridized carbons (Fsp3) is 0.438. The van der Waals surface area contributed by atoms with Crippen molar-refractivity contribution >= 4 is 44.2 Å². The van der Waals surface area contributed by atoms with Gasteiger partial charge < -0.3 is 15.2 Å². The Hall–Kier alpha value is -3.99. The summed E-state index contributed by atoms with van der Waals surface area (Å²) >= 11 is 1.06. The first kappa shape index (κ1) is 31.0. The molecule has 2 N–H and O–H groups in total. The molecule has 1 amide bonds. The predicted octanol–water partition coefficient (Wildman–Crippen LogP) is 5.08. The fourth-order valence-corrected chi connectivity index (χ4v) is 7.43. The number of benzene rings is 1. The molecule has 2 fully saturated rings. The average molecular weight is 637 g/mol. The minimum absolute atomic E-state index is 0.125. The standard InChI is InChI=1S/C32H35F3N8OS/c1-2-29(44)39-24-7-10-42(19-24)11-12-43-25(17-36)14-22-13-21(3-4-28(22)43)18-41-8-5-23(6-9-41)40-30-27-15-26(16-32(33,34)35)45-31(27)38-20-37-30/h2-4,13-15,20,23-24H,1,5-12,16,18-19H2,(H,39,44)(H,37,38,40)/t24-/m1/s1. The van der Waals surface area contributed by atoms with Crippen LogP contribution in [0.1, 0.15) is 35.4 Å². The molecular weight excluding hydrogens is 601 g/mol. The molecule has 13 heteroatoms. The van der Waals surface area contributed by atoms with E-state index < -0.39 is 12.6 Å². The smallest absolute Gasteiger partial charge is 0.367 e. The number of rotatable bonds is 10. The molecule has 2 aliphatic heterocycles. The van der Waals surface area contributed by atoms with Crippen LogP contribution in [0.2, 0.25) is 0 Å². The molecule has 6 rings (SSSR count). The number of amides is 1. The van der Waals surface area contributed by atoms with Gasteiger partial charge in [0.25, 0.3) is 0 Å². The van der Waals surface area contributed by atoms with Crippen LogP contribution in [0, 0.1) is 11.3 Å². The molecule has 0 bridgehead atoms. The van der Waals surface area contributed by atoms with Crippen molar-refractivity contribution in [2.45, 2.75) is 57.0 Å². The molecular formula is C32H35F3N8OS. The van der Waals surface area contributed by atoms with E-state index in [1.807, 2.05) is 6.07 Å². The Morgan fingerprint density at radius 1 is 1.09 bits per heavy atom. The largest absolute Gasteiger partial charge is 0.393 e. The van der Waals surface area contributed by atoms with Crippen LogP contribution < -0.4 is 10.6 Å². The maximum atomic E-state index is 12.9. The van der Waals surface area contributed by atoms with Gasteiger partial charge in [-0.05, 0) is 55.2 Å². The number of nitrogens with one attached hydrogen (secondary N) is 2. The monoisotopic (exact) mass is 636 g/mol. The lowest BCUT2D eigenvalue weighted by atomic mass is 10.0. The minimum atomic E-state index is -4.26. The number of anilines is 1. The molecule has 236 valence electrons. The number of hydrogen-bond acceptors (Lipinski definition) is 8. The van der Waals surface area contributed by atoms with E-state index in [1.165, 1.54) is 18.0 Å². The lowest BCUT2D eigenvalue weighted by Gasteiger charge is -2.32. The Morgan fingerprint density at radius 2 is 1.87 bits per heavy atom. The second kappa shape index (κ2) is 13.2. The summed E-state index contributed by atoms with van der Waals surface area (Å²) in [5.41, 5.74) is 2.86. The van der Waals surface area contributed by atoms with Crippen LogP contribution in [0.5, 0.6) is 0 Å². The highest BCUT2D eigenvalue weighted by Crippen LogP contribution is 2.33. The van der Waals surface area contributed by atoms with Crippen molar-refractivity contribution in [2.24, 2.45) is 0 Å². The molecule has 0 unspecified atom stereocenters. The van der Waals surface area contributed by atoms with Gasteiger partial charge >= 0.3 is 6.18 Å². The number of aromatic nitrogens is 3. The summed E-state index contributed by atoms with van der Waals surface area (Å²) < 4.78 is 40.8. The van der Waals surface area contributed by atoms with E-state index >= 15 is 0 Å². The maximum absolute atomic E-state index is 12.9. The zero-order valence-electron chi connectivity index (χ0n) is 24.8. The number of piperidine rings is 1. The molecule has 45 heavy (non-hydrogen) atoms. The van der Waals surface area contributed by atoms with Gasteiger partial charge in [-0.15, -0.1) is 11.3 Å². The van der Waals surface area contributed by atoms with Gasteiger partial charge in [-0.25, -0.2) is 9.97 Å². The lowest BCUT2D eigenvalue weighted by molar-refractivity contribution is -0.126. The first-order valence-electron chi connectivity index (χ1n) is 15.1. The van der Waals surface area contributed by atoms with Gasteiger partial charge in [0.05, 0.1) is 11.8 Å². The van der Waals surface area contributed by atoms with Crippen LogP contribution in [0.15, 0.2) is 49.3 Å². The lowest BCUT2D eigenvalue weighted by Crippen LogP contribution is -2.38. The van der Waals surface area contributed by atoms with Gasteiger partial charge in [0.1, 0.15) is 28.7 Å². The number of nitriles is 1. The molecule has 0 radical (unpaired) electrons. The Kier molecular flexibility index (Phi) is 9.07. The first-order valence-corrected chi connectivity index (χ1v) is 16.0. The number of thiophene rings is 1. The summed E-state index contributed by atoms with van der Waals surface area (Å²) in [6.07, 6.45) is 0.162. The quantitative estimate of drug-likeness (QED) is 0.234. The van der Waals surface area contributed by atoms with Crippen LogP contribution >= 0.6 is 11.3 Å². The Morgan fingerprint density at radius 3 is 2.62 bits per heavy atom. The molecule has 4 aromatic rings. The zero-order chi connectivity index (χ0) is 31.6. The zero-order valence-corrected chi connectivity index (χ0v) is 25.6. The van der Waals surface area contributed by atoms with Crippen molar-refractivity contribution in [3.63, 3.8) is 0 Å². The summed E-state index contributed by atoms with van der Waals surface area (Å²) in [4.78, 5) is 25.7. The van der Waals surface area contributed by atoms with Crippen molar-refractivity contribution < 1.29 is 18.0 Å². The van der Waals surface area contributed by atoms with Crippen LogP contribution in [-0.4, -0.2) is 81.2 Å². The third-order valence-electron chi connectivity index (χ3n) is 8.61. The SMILES string of the molecule is C=CC(=O)N[C@@H]1CCN(CCn2c(C#N)cc3cc(CN4CCC(Nc5ncnc6sc(CC(F)(F)F)cc56)CC4)ccc32)C1. The van der Waals surface area contributed by atoms with Gasteiger partial charge in [0.15, 0.2) is 0 Å². The maximum Gasteiger partial charge on any atom is 0.393 e. The molecule has 0 spiro atoms. The number of likely N-dealkylation sites (tertiary alicyclic amines) is 2. The van der Waals surface area contributed by atoms with Crippen molar-refractivity contribution in [1.29, 1.82) is 5.26 Å². The highest BCUT2D eigenvalue weighted by atomic mass is 32.1. The summed E-state index contributed by atoms with van der Waals surface area (Å²) in [5.74, 6) is 0.448. The molecule has 1 aromatic carbocycles. The van der Waals surface area contributed by atoms with Crippen LogP contribution in [0.4, 0.5) is 19.0 Å². The van der Waals surface area contributed by atoms with Crippen molar-refractivity contribution in [3.8, 4) is 6.07 Å². The van der Waals surface area contributed by atoms with Gasteiger partial charge in [-0.3, -0.25) is 14.6 Å². The molecule has 2 saturated heterocycles. The van der Waals surface area contributed by atoms with Gasteiger partial charge in [-0.1, -0.05) is 12.6 Å². The summed E-state index contributed by atoms with van der Waals surface area (Å²) in [6, 6.07) is 12.6. The number of halogens is 3. The highest BCUT2D eigenvalue weighted by Gasteiger charge is 2.29. The van der Waals surface area contributed by atoms with E-state index in [0.717, 1.165) is 80.8 Å². The Bertz CT molecular complexity index is 1730. The Balaban J connectivity index is 1.03. The normalized spacial score (nSPS) is 18.4. The van der Waals surface area contributed by atoms with E-state index in [-0.39, 0.29) is 22.9 Å². The van der Waals surface area contributed by atoms with E-state index in [9.17, 15) is 23.2 Å². The third-order valence-corrected chi connectivity index (χ3v) is 9.66. The van der Waals surface area contributed by atoms with E-state index in [0.29, 0.717) is 28.3 Å². The van der Waals surface area contributed by atoms with Gasteiger partial charge in [0.2, 0.25) is 5.91 Å². The average Bonchev–Trinajstić information content (AvgIpc) is 3.72. The third kappa shape index (κ3) is 7.46. The van der Waals surface area contributed by atoms with Crippen molar-refractivity contribution in [1.82, 2.24) is 29.7 Å². The minimum Gasteiger partial charge on any atom is -0.367 e. The fourth-order valence-electron chi connectivity index (χ4n) is 6.40. The van der Waals surface area contributed by atoms with Gasteiger partial charge in [0, 0.05) is 73.7 Å². The highest BCUT2D eigenvalue weighted by molar-refractivity contribution is 7.18. The molecule has 1 atom stereocenters. The molecule has 9 nitrogen and oxygen atoms in total. The number of carbonyl (C=O) groups is 1. The number of alkyl halides is 3. The van der Waals surface area contributed by atoms with E-state index in [4.69, 9.17) is 0 Å². The summed E-state index contributed by atoms with van der Waals surface area (Å²) in [7, 11) is 0. The van der Waals surface area contributed by atoms with E-state index in [2.05, 4.69) is 65.8 Å². The summed E-state index contributed by atoms with van der Waals surface area (Å²) in [5, 5.41) is 18.0. The van der Waals surface area contributed by atoms with Crippen LogP contribution in [0.3, 0.4) is 0 Å². The number of hydrogen-bond donors (Lipinski definition) is 2. The predicted molar refractivity (Wildman–Crippen MR) is 169 cm³/mol. The number of carbonyl (C=O) groups excluding carboxylic acids is 1. The number of fused-ring (bicyclic) bond motifs is 2. The molecule has 0 aliphatic carbocycles. The molecule has 0 saturated carbocycles. The number of nitrogens with zero attached hydrogens (tertiary/aromatic N) is 6.